The number of carbonyl (C=O) groups is 2. The number of aromatic carboxylic acids is 1. The molecule has 7 heteroatoms. The molecule has 0 fully saturated rings. The zero-order valence-corrected chi connectivity index (χ0v) is 10.9. The van der Waals surface area contributed by atoms with E-state index in [4.69, 9.17) is 5.11 Å². The number of hydrogen-bond donors (Lipinski definition) is 3. The van der Waals surface area contributed by atoms with Gasteiger partial charge in [0.2, 0.25) is 0 Å². The number of carboxylic acids is 1. The number of rotatable bonds is 5. The van der Waals surface area contributed by atoms with Gasteiger partial charge in [0, 0.05) is 6.20 Å². The first-order valence-electron chi connectivity index (χ1n) is 6.11. The van der Waals surface area contributed by atoms with Gasteiger partial charge in [0.25, 0.3) is 5.91 Å². The van der Waals surface area contributed by atoms with Crippen molar-refractivity contribution in [2.24, 2.45) is 0 Å². The normalized spacial score (nSPS) is 10.2. The molecule has 0 radical (unpaired) electrons. The lowest BCUT2D eigenvalue weighted by atomic mass is 10.1. The average molecular weight is 274 g/mol. The molecule has 0 aliphatic rings. The van der Waals surface area contributed by atoms with E-state index in [1.54, 1.807) is 6.20 Å². The highest BCUT2D eigenvalue weighted by Gasteiger charge is 2.19. The van der Waals surface area contributed by atoms with Crippen LogP contribution in [0.2, 0.25) is 0 Å². The number of aromatic nitrogens is 3. The van der Waals surface area contributed by atoms with E-state index in [0.717, 1.165) is 17.7 Å². The summed E-state index contributed by atoms with van der Waals surface area (Å²) in [7, 11) is 0. The molecule has 0 saturated heterocycles. The van der Waals surface area contributed by atoms with E-state index in [1.165, 1.54) is 6.33 Å². The number of nitrogens with one attached hydrogen (secondary N) is 2. The molecule has 0 aliphatic carbocycles. The van der Waals surface area contributed by atoms with Gasteiger partial charge >= 0.3 is 5.97 Å². The first-order chi connectivity index (χ1) is 9.63. The quantitative estimate of drug-likeness (QED) is 0.753. The number of aryl methyl sites for hydroxylation is 1. The number of pyridine rings is 1. The molecule has 0 saturated carbocycles. The van der Waals surface area contributed by atoms with Crippen LogP contribution >= 0.6 is 0 Å². The third-order valence-corrected chi connectivity index (χ3v) is 2.85. The predicted molar refractivity (Wildman–Crippen MR) is 70.3 cm³/mol. The Labute approximate surface area is 115 Å². The highest BCUT2D eigenvalue weighted by atomic mass is 16.4. The molecule has 0 bridgehead atoms. The van der Waals surface area contributed by atoms with Crippen LogP contribution in [0.4, 0.5) is 0 Å². The summed E-state index contributed by atoms with van der Waals surface area (Å²) in [6, 6.07) is 3.77. The van der Waals surface area contributed by atoms with Gasteiger partial charge in [-0.2, -0.15) is 0 Å². The fourth-order valence-electron chi connectivity index (χ4n) is 1.83. The molecule has 0 aliphatic heterocycles. The predicted octanol–water partition coefficient (Wildman–Crippen LogP) is 0.995. The van der Waals surface area contributed by atoms with Crippen molar-refractivity contribution in [3.05, 3.63) is 47.3 Å². The van der Waals surface area contributed by atoms with Crippen molar-refractivity contribution in [2.75, 3.05) is 0 Å². The highest BCUT2D eigenvalue weighted by Crippen LogP contribution is 2.07. The van der Waals surface area contributed by atoms with Gasteiger partial charge in [0.1, 0.15) is 0 Å². The highest BCUT2D eigenvalue weighted by molar-refractivity contribution is 6.02. The van der Waals surface area contributed by atoms with Crippen LogP contribution in [0.3, 0.4) is 0 Å². The molecule has 2 aromatic rings. The van der Waals surface area contributed by atoms with E-state index >= 15 is 0 Å². The van der Waals surface area contributed by atoms with Crippen molar-refractivity contribution in [3.8, 4) is 0 Å². The summed E-state index contributed by atoms with van der Waals surface area (Å²) in [5, 5.41) is 11.5. The zero-order chi connectivity index (χ0) is 14.5. The van der Waals surface area contributed by atoms with Crippen LogP contribution in [0.1, 0.15) is 39.2 Å². The van der Waals surface area contributed by atoms with E-state index < -0.39 is 11.9 Å². The molecule has 0 unspecified atom stereocenters. The molecule has 2 heterocycles. The lowest BCUT2D eigenvalue weighted by Gasteiger charge is -2.07. The number of nitrogens with zero attached hydrogens (tertiary/aromatic N) is 2. The molecule has 0 atom stereocenters. The second kappa shape index (κ2) is 5.96. The Bertz CT molecular complexity index is 636. The number of H-pyrrole nitrogens is 1. The fraction of sp³-hybridized carbons (Fsp3) is 0.231. The minimum atomic E-state index is -1.22. The molecule has 104 valence electrons. The number of carbonyl (C=O) groups excluding carboxylic acids is 1. The summed E-state index contributed by atoms with van der Waals surface area (Å²) in [5.41, 5.74) is 1.44. The van der Waals surface area contributed by atoms with Crippen molar-refractivity contribution in [1.82, 2.24) is 20.3 Å². The maximum atomic E-state index is 11.9. The monoisotopic (exact) mass is 274 g/mol. The first-order valence-corrected chi connectivity index (χ1v) is 6.11. The third kappa shape index (κ3) is 2.82. The van der Waals surface area contributed by atoms with E-state index in [2.05, 4.69) is 20.3 Å². The van der Waals surface area contributed by atoms with Crippen molar-refractivity contribution in [1.29, 1.82) is 0 Å². The summed E-state index contributed by atoms with van der Waals surface area (Å²) >= 11 is 0. The maximum Gasteiger partial charge on any atom is 0.354 e. The molecule has 0 aromatic carbocycles. The Morgan fingerprint density at radius 2 is 2.20 bits per heavy atom. The van der Waals surface area contributed by atoms with Gasteiger partial charge in [0.15, 0.2) is 11.4 Å². The smallest absolute Gasteiger partial charge is 0.354 e. The van der Waals surface area contributed by atoms with Gasteiger partial charge in [-0.1, -0.05) is 13.0 Å². The SMILES string of the molecule is CCc1cccnc1CNC(=O)c1nc[nH]c1C(=O)O. The summed E-state index contributed by atoms with van der Waals surface area (Å²) in [6.45, 7) is 2.23. The lowest BCUT2D eigenvalue weighted by Crippen LogP contribution is -2.26. The molecule has 2 aromatic heterocycles. The van der Waals surface area contributed by atoms with E-state index in [0.29, 0.717) is 0 Å². The zero-order valence-electron chi connectivity index (χ0n) is 10.9. The number of aromatic amines is 1. The largest absolute Gasteiger partial charge is 0.477 e. The average Bonchev–Trinajstić information content (AvgIpc) is 2.94. The second-order valence-corrected chi connectivity index (χ2v) is 4.08. The van der Waals surface area contributed by atoms with E-state index in [-0.39, 0.29) is 17.9 Å². The van der Waals surface area contributed by atoms with Gasteiger partial charge in [0.05, 0.1) is 18.6 Å². The Morgan fingerprint density at radius 3 is 2.90 bits per heavy atom. The van der Waals surface area contributed by atoms with E-state index in [1.807, 2.05) is 19.1 Å². The van der Waals surface area contributed by atoms with E-state index in [9.17, 15) is 9.59 Å². The molecule has 3 N–H and O–H groups in total. The van der Waals surface area contributed by atoms with Gasteiger partial charge in [-0.05, 0) is 18.1 Å². The summed E-state index contributed by atoms with van der Waals surface area (Å²) in [4.78, 5) is 33.2. The Morgan fingerprint density at radius 1 is 1.40 bits per heavy atom. The Kier molecular flexibility index (Phi) is 4.09. The molecule has 7 nitrogen and oxygen atoms in total. The minimum Gasteiger partial charge on any atom is -0.477 e. The Balaban J connectivity index is 2.09. The van der Waals surface area contributed by atoms with Crippen LogP contribution in [-0.4, -0.2) is 31.9 Å². The molecule has 1 amide bonds. The topological polar surface area (TPSA) is 108 Å². The summed E-state index contributed by atoms with van der Waals surface area (Å²) in [5.74, 6) is -1.77. The van der Waals surface area contributed by atoms with Crippen LogP contribution in [-0.2, 0) is 13.0 Å². The molecular formula is C13H14N4O3. The summed E-state index contributed by atoms with van der Waals surface area (Å²) < 4.78 is 0. The van der Waals surface area contributed by atoms with Crippen LogP contribution in [0, 0.1) is 0 Å². The molecular weight excluding hydrogens is 260 g/mol. The van der Waals surface area contributed by atoms with Crippen molar-refractivity contribution < 1.29 is 14.7 Å². The second-order valence-electron chi connectivity index (χ2n) is 4.08. The van der Waals surface area contributed by atoms with Crippen LogP contribution in [0.25, 0.3) is 0 Å². The third-order valence-electron chi connectivity index (χ3n) is 2.85. The minimum absolute atomic E-state index is 0.133. The van der Waals surface area contributed by atoms with Gasteiger partial charge in [-0.15, -0.1) is 0 Å². The van der Waals surface area contributed by atoms with Crippen molar-refractivity contribution in [2.45, 2.75) is 19.9 Å². The number of imidazole rings is 1. The molecule has 2 rings (SSSR count). The first kappa shape index (κ1) is 13.7. The maximum absolute atomic E-state index is 11.9. The van der Waals surface area contributed by atoms with Gasteiger partial charge in [-0.3, -0.25) is 9.78 Å². The summed E-state index contributed by atoms with van der Waals surface area (Å²) in [6.07, 6.45) is 3.64. The fourth-order valence-corrected chi connectivity index (χ4v) is 1.83. The van der Waals surface area contributed by atoms with Crippen molar-refractivity contribution >= 4 is 11.9 Å². The lowest BCUT2D eigenvalue weighted by molar-refractivity contribution is 0.0685. The molecule has 0 spiro atoms. The Hall–Kier alpha value is -2.70. The standard InChI is InChI=1S/C13H14N4O3/c1-2-8-4-3-5-14-9(8)6-15-12(18)10-11(13(19)20)17-7-16-10/h3-5,7H,2,6H2,1H3,(H,15,18)(H,16,17)(H,19,20). The van der Waals surface area contributed by atoms with Crippen molar-refractivity contribution in [3.63, 3.8) is 0 Å². The number of carboxylic acid groups (broad SMARTS) is 1. The number of hydrogen-bond acceptors (Lipinski definition) is 4. The number of amides is 1. The van der Waals surface area contributed by atoms with Crippen LogP contribution < -0.4 is 5.32 Å². The van der Waals surface area contributed by atoms with Crippen LogP contribution in [0.15, 0.2) is 24.7 Å². The molecule has 20 heavy (non-hydrogen) atoms. The van der Waals surface area contributed by atoms with Gasteiger partial charge < -0.3 is 15.4 Å². The van der Waals surface area contributed by atoms with Crippen LogP contribution in [0.5, 0.6) is 0 Å². The van der Waals surface area contributed by atoms with Gasteiger partial charge in [-0.25, -0.2) is 9.78 Å².